The van der Waals surface area contributed by atoms with Gasteiger partial charge >= 0.3 is 0 Å². The number of hydrogen-bond donors (Lipinski definition) is 1. The van der Waals surface area contributed by atoms with Gasteiger partial charge in [0.1, 0.15) is 0 Å². The number of amides is 2. The first-order valence-corrected chi connectivity index (χ1v) is 5.50. The molecule has 1 aliphatic heterocycles. The second-order valence-electron chi connectivity index (χ2n) is 3.57. The summed E-state index contributed by atoms with van der Waals surface area (Å²) in [4.78, 5) is 24.7. The van der Waals surface area contributed by atoms with Gasteiger partial charge in [-0.1, -0.05) is 0 Å². The van der Waals surface area contributed by atoms with E-state index in [1.165, 1.54) is 4.88 Å². The van der Waals surface area contributed by atoms with Gasteiger partial charge in [0.25, 0.3) is 5.91 Å². The van der Waals surface area contributed by atoms with Crippen LogP contribution in [0.4, 0.5) is 0 Å². The molecule has 15 heavy (non-hydrogen) atoms. The van der Waals surface area contributed by atoms with Crippen molar-refractivity contribution in [2.24, 2.45) is 0 Å². The Hall–Kier alpha value is -1.42. The van der Waals surface area contributed by atoms with Gasteiger partial charge in [0.05, 0.1) is 6.42 Å². The van der Waals surface area contributed by atoms with Gasteiger partial charge < -0.3 is 0 Å². The van der Waals surface area contributed by atoms with Crippen molar-refractivity contribution >= 4 is 28.7 Å². The topological polar surface area (TPSA) is 46.2 Å². The minimum atomic E-state index is -0.247. The molecule has 0 bridgehead atoms. The van der Waals surface area contributed by atoms with Crippen LogP contribution >= 0.6 is 11.3 Å². The summed E-state index contributed by atoms with van der Waals surface area (Å²) in [5.41, 5.74) is 1.51. The van der Waals surface area contributed by atoms with E-state index in [2.05, 4.69) is 5.32 Å². The summed E-state index contributed by atoms with van der Waals surface area (Å²) >= 11 is 1.64. The molecule has 0 aromatic carbocycles. The summed E-state index contributed by atoms with van der Waals surface area (Å²) in [6.07, 6.45) is 0.210. The number of carbonyl (C=O) groups is 2. The van der Waals surface area contributed by atoms with Crippen LogP contribution in [0.15, 0.2) is 17.7 Å². The number of imide groups is 1. The number of allylic oxidation sites excluding steroid dienone is 1. The third kappa shape index (κ3) is 1.85. The van der Waals surface area contributed by atoms with Crippen LogP contribution in [0.25, 0.3) is 5.57 Å². The van der Waals surface area contributed by atoms with E-state index >= 15 is 0 Å². The van der Waals surface area contributed by atoms with E-state index in [9.17, 15) is 9.59 Å². The van der Waals surface area contributed by atoms with Crippen LogP contribution in [0.1, 0.15) is 23.1 Å². The number of nitrogens with one attached hydrogen (secondary N) is 1. The third-order valence-corrected chi connectivity index (χ3v) is 3.55. The molecule has 1 N–H and O–H groups in total. The van der Waals surface area contributed by atoms with Crippen LogP contribution in [0.2, 0.25) is 0 Å². The van der Waals surface area contributed by atoms with E-state index in [0.29, 0.717) is 5.57 Å². The fourth-order valence-electron chi connectivity index (χ4n) is 1.57. The zero-order valence-electron chi connectivity index (χ0n) is 8.59. The predicted molar refractivity (Wildman–Crippen MR) is 59.4 cm³/mol. The fourth-order valence-corrected chi connectivity index (χ4v) is 2.47. The van der Waals surface area contributed by atoms with Gasteiger partial charge in [-0.25, -0.2) is 0 Å². The molecule has 1 aromatic heterocycles. The molecule has 0 radical (unpaired) electrons. The highest BCUT2D eigenvalue weighted by atomic mass is 32.1. The molecule has 78 valence electrons. The fraction of sp³-hybridized carbons (Fsp3) is 0.273. The largest absolute Gasteiger partial charge is 0.292 e. The van der Waals surface area contributed by atoms with Crippen molar-refractivity contribution in [3.05, 3.63) is 27.5 Å². The van der Waals surface area contributed by atoms with Gasteiger partial charge in [-0.05, 0) is 31.6 Å². The zero-order chi connectivity index (χ0) is 11.0. The maximum atomic E-state index is 11.4. The number of hydrogen-bond acceptors (Lipinski definition) is 3. The van der Waals surface area contributed by atoms with Crippen molar-refractivity contribution in [3.8, 4) is 0 Å². The van der Waals surface area contributed by atoms with E-state index in [0.717, 1.165) is 10.5 Å². The Labute approximate surface area is 91.8 Å². The van der Waals surface area contributed by atoms with Gasteiger partial charge in [-0.3, -0.25) is 14.9 Å². The number of rotatable bonds is 1. The highest BCUT2D eigenvalue weighted by Gasteiger charge is 2.26. The standard InChI is InChI=1S/C11H11NO2S/c1-6-3-4-9(15-6)7(2)8-5-10(13)12-11(8)14/h3-4H,5H2,1-2H3,(H,12,13,14). The van der Waals surface area contributed by atoms with Crippen molar-refractivity contribution in [1.82, 2.24) is 5.32 Å². The van der Waals surface area contributed by atoms with Crippen molar-refractivity contribution < 1.29 is 9.59 Å². The Morgan fingerprint density at radius 3 is 2.60 bits per heavy atom. The average Bonchev–Trinajstić information content (AvgIpc) is 2.71. The van der Waals surface area contributed by atoms with Crippen molar-refractivity contribution in [3.63, 3.8) is 0 Å². The number of carbonyl (C=O) groups excluding carboxylic acids is 2. The lowest BCUT2D eigenvalue weighted by Gasteiger charge is -1.99. The molecule has 0 aliphatic carbocycles. The second kappa shape index (κ2) is 3.62. The zero-order valence-corrected chi connectivity index (χ0v) is 9.40. The van der Waals surface area contributed by atoms with Crippen LogP contribution in [0.3, 0.4) is 0 Å². The highest BCUT2D eigenvalue weighted by molar-refractivity contribution is 7.13. The molecule has 1 saturated heterocycles. The molecule has 0 saturated carbocycles. The van der Waals surface area contributed by atoms with Crippen LogP contribution in [0, 0.1) is 6.92 Å². The molecule has 1 fully saturated rings. The monoisotopic (exact) mass is 221 g/mol. The van der Waals surface area contributed by atoms with Gasteiger partial charge in [0.2, 0.25) is 5.91 Å². The van der Waals surface area contributed by atoms with E-state index in [1.807, 2.05) is 26.0 Å². The molecule has 0 spiro atoms. The van der Waals surface area contributed by atoms with Crippen LogP contribution in [-0.2, 0) is 9.59 Å². The summed E-state index contributed by atoms with van der Waals surface area (Å²) in [5, 5.41) is 2.29. The minimum Gasteiger partial charge on any atom is -0.292 e. The Balaban J connectivity index is 2.41. The van der Waals surface area contributed by atoms with E-state index < -0.39 is 0 Å². The van der Waals surface area contributed by atoms with E-state index in [4.69, 9.17) is 0 Å². The highest BCUT2D eigenvalue weighted by Crippen LogP contribution is 2.28. The van der Waals surface area contributed by atoms with Gasteiger partial charge in [-0.2, -0.15) is 0 Å². The smallest absolute Gasteiger partial charge is 0.254 e. The number of thiophene rings is 1. The first-order valence-electron chi connectivity index (χ1n) is 4.68. The molecule has 3 nitrogen and oxygen atoms in total. The lowest BCUT2D eigenvalue weighted by molar-refractivity contribution is -0.124. The molecule has 0 unspecified atom stereocenters. The Morgan fingerprint density at radius 1 is 1.40 bits per heavy atom. The van der Waals surface area contributed by atoms with Crippen LogP contribution in [-0.4, -0.2) is 11.8 Å². The molecule has 2 rings (SSSR count). The Kier molecular flexibility index (Phi) is 2.44. The van der Waals surface area contributed by atoms with Crippen LogP contribution < -0.4 is 5.32 Å². The van der Waals surface area contributed by atoms with Gasteiger partial charge in [-0.15, -0.1) is 11.3 Å². The predicted octanol–water partition coefficient (Wildman–Crippen LogP) is 1.88. The molecule has 0 atom stereocenters. The lowest BCUT2D eigenvalue weighted by atomic mass is 10.1. The maximum Gasteiger partial charge on any atom is 0.254 e. The van der Waals surface area contributed by atoms with Crippen molar-refractivity contribution in [1.29, 1.82) is 0 Å². The first-order chi connectivity index (χ1) is 7.08. The van der Waals surface area contributed by atoms with E-state index in [1.54, 1.807) is 11.3 Å². The molecule has 2 amide bonds. The lowest BCUT2D eigenvalue weighted by Crippen LogP contribution is -2.19. The molecule has 1 aromatic rings. The Bertz CT molecular complexity index is 471. The van der Waals surface area contributed by atoms with E-state index in [-0.39, 0.29) is 18.2 Å². The minimum absolute atomic E-state index is 0.206. The molecule has 1 aliphatic rings. The maximum absolute atomic E-state index is 11.4. The van der Waals surface area contributed by atoms with Crippen LogP contribution in [0.5, 0.6) is 0 Å². The third-order valence-electron chi connectivity index (χ3n) is 2.43. The summed E-state index contributed by atoms with van der Waals surface area (Å²) in [5.74, 6) is -0.453. The normalized spacial score (nSPS) is 19.3. The summed E-state index contributed by atoms with van der Waals surface area (Å²) in [7, 11) is 0. The quantitative estimate of drug-likeness (QED) is 0.581. The summed E-state index contributed by atoms with van der Waals surface area (Å²) in [6.45, 7) is 3.91. The van der Waals surface area contributed by atoms with Crippen molar-refractivity contribution in [2.45, 2.75) is 20.3 Å². The van der Waals surface area contributed by atoms with Gasteiger partial charge in [0, 0.05) is 15.3 Å². The molecule has 2 heterocycles. The average molecular weight is 221 g/mol. The Morgan fingerprint density at radius 2 is 2.13 bits per heavy atom. The summed E-state index contributed by atoms with van der Waals surface area (Å²) < 4.78 is 0. The first kappa shape index (κ1) is 10.1. The molecular weight excluding hydrogens is 210 g/mol. The van der Waals surface area contributed by atoms with Gasteiger partial charge in [0.15, 0.2) is 0 Å². The molecule has 4 heteroatoms. The SMILES string of the molecule is CC(=C1CC(=O)NC1=O)c1ccc(C)s1. The molecular formula is C11H11NO2S. The number of aryl methyl sites for hydroxylation is 1. The summed E-state index contributed by atoms with van der Waals surface area (Å²) in [6, 6.07) is 4.00. The second-order valence-corrected chi connectivity index (χ2v) is 4.86. The van der Waals surface area contributed by atoms with Crippen molar-refractivity contribution in [2.75, 3.05) is 0 Å².